The van der Waals surface area contributed by atoms with Crippen molar-refractivity contribution in [1.29, 1.82) is 0 Å². The molecule has 0 saturated carbocycles. The fourth-order valence-corrected chi connectivity index (χ4v) is 2.66. The minimum absolute atomic E-state index is 0.295. The van der Waals surface area contributed by atoms with E-state index in [1.165, 1.54) is 11.1 Å². The standard InChI is InChI=1S/C19H19NO2/c1-4-22-19(21)18-12-15-11-14(3)7-10-17(15)20(18)16-8-5-13(2)6-9-16/h5-12H,4H2,1-3H3. The Bertz CT molecular complexity index is 829. The number of aryl methyl sites for hydroxylation is 2. The Morgan fingerprint density at radius 3 is 2.36 bits per heavy atom. The second kappa shape index (κ2) is 5.68. The molecule has 3 nitrogen and oxygen atoms in total. The highest BCUT2D eigenvalue weighted by molar-refractivity contribution is 5.97. The Labute approximate surface area is 130 Å². The zero-order chi connectivity index (χ0) is 15.7. The highest BCUT2D eigenvalue weighted by Gasteiger charge is 2.17. The molecule has 0 aliphatic rings. The first-order valence-electron chi connectivity index (χ1n) is 7.46. The van der Waals surface area contributed by atoms with Crippen LogP contribution in [-0.4, -0.2) is 17.1 Å². The summed E-state index contributed by atoms with van der Waals surface area (Å²) in [6.07, 6.45) is 0. The lowest BCUT2D eigenvalue weighted by atomic mass is 10.2. The summed E-state index contributed by atoms with van der Waals surface area (Å²) in [4.78, 5) is 12.3. The second-order valence-corrected chi connectivity index (χ2v) is 5.48. The number of aromatic nitrogens is 1. The largest absolute Gasteiger partial charge is 0.461 e. The number of ether oxygens (including phenoxy) is 1. The van der Waals surface area contributed by atoms with Gasteiger partial charge in [-0.3, -0.25) is 0 Å². The average Bonchev–Trinajstić information content (AvgIpc) is 2.87. The molecule has 1 heterocycles. The molecular weight excluding hydrogens is 274 g/mol. The number of fused-ring (bicyclic) bond motifs is 1. The zero-order valence-corrected chi connectivity index (χ0v) is 13.1. The van der Waals surface area contributed by atoms with Crippen LogP contribution in [0, 0.1) is 13.8 Å². The lowest BCUT2D eigenvalue weighted by Gasteiger charge is -2.10. The first-order valence-corrected chi connectivity index (χ1v) is 7.46. The van der Waals surface area contributed by atoms with Gasteiger partial charge in [-0.25, -0.2) is 4.79 Å². The summed E-state index contributed by atoms with van der Waals surface area (Å²) >= 11 is 0. The molecule has 0 fully saturated rings. The van der Waals surface area contributed by atoms with Crippen molar-refractivity contribution >= 4 is 16.9 Å². The maximum absolute atomic E-state index is 12.3. The van der Waals surface area contributed by atoms with E-state index in [1.54, 1.807) is 0 Å². The topological polar surface area (TPSA) is 31.2 Å². The monoisotopic (exact) mass is 293 g/mol. The molecule has 3 heteroatoms. The van der Waals surface area contributed by atoms with Crippen molar-refractivity contribution in [3.63, 3.8) is 0 Å². The van der Waals surface area contributed by atoms with Crippen LogP contribution in [0.5, 0.6) is 0 Å². The molecular formula is C19H19NO2. The number of hydrogen-bond donors (Lipinski definition) is 0. The Morgan fingerprint density at radius 2 is 1.68 bits per heavy atom. The van der Waals surface area contributed by atoms with Gasteiger partial charge in [0.2, 0.25) is 0 Å². The molecule has 0 aliphatic heterocycles. The summed E-state index contributed by atoms with van der Waals surface area (Å²) in [6, 6.07) is 16.2. The Hall–Kier alpha value is -2.55. The molecule has 0 radical (unpaired) electrons. The third kappa shape index (κ3) is 2.50. The quantitative estimate of drug-likeness (QED) is 0.669. The van der Waals surface area contributed by atoms with E-state index in [1.807, 2.05) is 61.7 Å². The summed E-state index contributed by atoms with van der Waals surface area (Å²) in [5.74, 6) is -0.295. The summed E-state index contributed by atoms with van der Waals surface area (Å²) in [7, 11) is 0. The van der Waals surface area contributed by atoms with E-state index >= 15 is 0 Å². The number of rotatable bonds is 3. The summed E-state index contributed by atoms with van der Waals surface area (Å²) in [5, 5.41) is 1.05. The third-order valence-corrected chi connectivity index (χ3v) is 3.73. The van der Waals surface area contributed by atoms with E-state index < -0.39 is 0 Å². The van der Waals surface area contributed by atoms with Gasteiger partial charge in [-0.05, 0) is 51.1 Å². The number of esters is 1. The van der Waals surface area contributed by atoms with Gasteiger partial charge < -0.3 is 9.30 Å². The maximum Gasteiger partial charge on any atom is 0.355 e. The number of carbonyl (C=O) groups is 1. The molecule has 0 spiro atoms. The van der Waals surface area contributed by atoms with Crippen LogP contribution in [0.25, 0.3) is 16.6 Å². The van der Waals surface area contributed by atoms with Crippen LogP contribution in [0.15, 0.2) is 48.5 Å². The fraction of sp³-hybridized carbons (Fsp3) is 0.211. The summed E-state index contributed by atoms with van der Waals surface area (Å²) in [6.45, 7) is 6.29. The van der Waals surface area contributed by atoms with Crippen LogP contribution < -0.4 is 0 Å². The number of hydrogen-bond acceptors (Lipinski definition) is 2. The molecule has 0 saturated heterocycles. The molecule has 0 aliphatic carbocycles. The van der Waals surface area contributed by atoms with Gasteiger partial charge in [0.15, 0.2) is 0 Å². The minimum Gasteiger partial charge on any atom is -0.461 e. The summed E-state index contributed by atoms with van der Waals surface area (Å²) < 4.78 is 7.18. The molecule has 2 aromatic carbocycles. The zero-order valence-electron chi connectivity index (χ0n) is 13.1. The van der Waals surface area contributed by atoms with Gasteiger partial charge in [0.1, 0.15) is 5.69 Å². The predicted octanol–water partition coefficient (Wildman–Crippen LogP) is 4.42. The van der Waals surface area contributed by atoms with Gasteiger partial charge in [0.25, 0.3) is 0 Å². The van der Waals surface area contributed by atoms with E-state index in [9.17, 15) is 4.79 Å². The normalized spacial score (nSPS) is 10.9. The Kier molecular flexibility index (Phi) is 3.72. The number of carbonyl (C=O) groups excluding carboxylic acids is 1. The van der Waals surface area contributed by atoms with Crippen molar-refractivity contribution in [1.82, 2.24) is 4.57 Å². The van der Waals surface area contributed by atoms with E-state index in [0.29, 0.717) is 12.3 Å². The molecule has 1 aromatic heterocycles. The smallest absolute Gasteiger partial charge is 0.355 e. The lowest BCUT2D eigenvalue weighted by Crippen LogP contribution is -2.10. The van der Waals surface area contributed by atoms with E-state index in [2.05, 4.69) is 12.1 Å². The average molecular weight is 293 g/mol. The fourth-order valence-electron chi connectivity index (χ4n) is 2.66. The van der Waals surface area contributed by atoms with Gasteiger partial charge in [0.05, 0.1) is 12.1 Å². The van der Waals surface area contributed by atoms with Crippen LogP contribution >= 0.6 is 0 Å². The van der Waals surface area contributed by atoms with Gasteiger partial charge in [-0.15, -0.1) is 0 Å². The number of nitrogens with zero attached hydrogens (tertiary/aromatic N) is 1. The van der Waals surface area contributed by atoms with Crippen molar-refractivity contribution in [3.05, 3.63) is 65.4 Å². The van der Waals surface area contributed by atoms with E-state index in [4.69, 9.17) is 4.74 Å². The minimum atomic E-state index is -0.295. The molecule has 112 valence electrons. The molecule has 0 bridgehead atoms. The molecule has 22 heavy (non-hydrogen) atoms. The van der Waals surface area contributed by atoms with Crippen molar-refractivity contribution in [2.45, 2.75) is 20.8 Å². The van der Waals surface area contributed by atoms with E-state index in [0.717, 1.165) is 16.6 Å². The predicted molar refractivity (Wildman–Crippen MR) is 88.7 cm³/mol. The molecule has 3 rings (SSSR count). The van der Waals surface area contributed by atoms with E-state index in [-0.39, 0.29) is 5.97 Å². The Balaban J connectivity index is 2.26. The number of benzene rings is 2. The van der Waals surface area contributed by atoms with Crippen molar-refractivity contribution in [2.75, 3.05) is 6.61 Å². The van der Waals surface area contributed by atoms with Gasteiger partial charge in [-0.1, -0.05) is 29.3 Å². The molecule has 3 aromatic rings. The molecule has 0 N–H and O–H groups in total. The van der Waals surface area contributed by atoms with Crippen LogP contribution in [-0.2, 0) is 4.74 Å². The highest BCUT2D eigenvalue weighted by atomic mass is 16.5. The molecule has 0 amide bonds. The summed E-state index contributed by atoms with van der Waals surface area (Å²) in [5.41, 5.74) is 4.90. The first-order chi connectivity index (χ1) is 10.6. The third-order valence-electron chi connectivity index (χ3n) is 3.73. The lowest BCUT2D eigenvalue weighted by molar-refractivity contribution is 0.0517. The SMILES string of the molecule is CCOC(=O)c1cc2cc(C)ccc2n1-c1ccc(C)cc1. The molecule has 0 unspecified atom stereocenters. The van der Waals surface area contributed by atoms with Crippen molar-refractivity contribution in [2.24, 2.45) is 0 Å². The van der Waals surface area contributed by atoms with Crippen LogP contribution in [0.4, 0.5) is 0 Å². The van der Waals surface area contributed by atoms with Crippen LogP contribution in [0.3, 0.4) is 0 Å². The van der Waals surface area contributed by atoms with Crippen molar-refractivity contribution in [3.8, 4) is 5.69 Å². The van der Waals surface area contributed by atoms with Crippen LogP contribution in [0.1, 0.15) is 28.5 Å². The van der Waals surface area contributed by atoms with Crippen LogP contribution in [0.2, 0.25) is 0 Å². The van der Waals surface area contributed by atoms with Gasteiger partial charge in [-0.2, -0.15) is 0 Å². The molecule has 0 atom stereocenters. The highest BCUT2D eigenvalue weighted by Crippen LogP contribution is 2.26. The Morgan fingerprint density at radius 1 is 1.00 bits per heavy atom. The van der Waals surface area contributed by atoms with Gasteiger partial charge >= 0.3 is 5.97 Å². The van der Waals surface area contributed by atoms with Gasteiger partial charge in [0, 0.05) is 11.1 Å². The van der Waals surface area contributed by atoms with Crippen molar-refractivity contribution < 1.29 is 9.53 Å². The first kappa shape index (κ1) is 14.4. The maximum atomic E-state index is 12.3. The second-order valence-electron chi connectivity index (χ2n) is 5.48.